The summed E-state index contributed by atoms with van der Waals surface area (Å²) in [4.78, 5) is 34.7. The lowest BCUT2D eigenvalue weighted by atomic mass is 9.95. The number of nitrogens with zero attached hydrogens (tertiary/aromatic N) is 6. The van der Waals surface area contributed by atoms with Crippen molar-refractivity contribution in [2.75, 3.05) is 63.1 Å². The summed E-state index contributed by atoms with van der Waals surface area (Å²) in [5.74, 6) is -0.186. The lowest BCUT2D eigenvalue weighted by molar-refractivity contribution is -0.110. The Morgan fingerprint density at radius 1 is 0.875 bits per heavy atom. The van der Waals surface area contributed by atoms with Crippen LogP contribution in [0.15, 0.2) is 60.0 Å². The highest BCUT2D eigenvalue weighted by atomic mass is 16.1. The molecule has 0 saturated carbocycles. The second kappa shape index (κ2) is 12.3. The minimum Gasteiger partial charge on any atom is -0.370 e. The van der Waals surface area contributed by atoms with Gasteiger partial charge >= 0.3 is 0 Å². The quantitative estimate of drug-likeness (QED) is 0.507. The van der Waals surface area contributed by atoms with Crippen molar-refractivity contribution < 1.29 is 4.79 Å². The van der Waals surface area contributed by atoms with Crippen LogP contribution in [0.3, 0.4) is 0 Å². The maximum atomic E-state index is 13.5. The van der Waals surface area contributed by atoms with Gasteiger partial charge in [0.25, 0.3) is 5.91 Å². The number of pyridine rings is 2. The van der Waals surface area contributed by atoms with Crippen LogP contribution in [0.25, 0.3) is 11.1 Å². The fourth-order valence-electron chi connectivity index (χ4n) is 5.86. The van der Waals surface area contributed by atoms with Crippen molar-refractivity contribution in [1.29, 1.82) is 0 Å². The van der Waals surface area contributed by atoms with Crippen LogP contribution in [0, 0.1) is 0 Å². The predicted octanol–water partition coefficient (Wildman–Crippen LogP) is 4.26. The molecule has 0 aliphatic carbocycles. The van der Waals surface area contributed by atoms with Crippen LogP contribution < -0.4 is 10.2 Å². The van der Waals surface area contributed by atoms with Crippen LogP contribution in [-0.4, -0.2) is 84.2 Å². The van der Waals surface area contributed by atoms with Gasteiger partial charge in [0.2, 0.25) is 0 Å². The van der Waals surface area contributed by atoms with Crippen molar-refractivity contribution in [3.8, 4) is 11.1 Å². The molecule has 0 unspecified atom stereocenters. The summed E-state index contributed by atoms with van der Waals surface area (Å²) in [5, 5.41) is 3.06. The number of hydrogen-bond donors (Lipinski definition) is 1. The Labute approximate surface area is 237 Å². The van der Waals surface area contributed by atoms with E-state index in [2.05, 4.69) is 61.3 Å². The average molecular weight is 538 g/mol. The third kappa shape index (κ3) is 6.24. The first kappa shape index (κ1) is 26.6. The van der Waals surface area contributed by atoms with Crippen molar-refractivity contribution in [3.63, 3.8) is 0 Å². The Bertz CT molecular complexity index is 1360. The van der Waals surface area contributed by atoms with E-state index in [-0.39, 0.29) is 5.91 Å². The molecular weight excluding hydrogens is 498 g/mol. The van der Waals surface area contributed by atoms with Gasteiger partial charge in [-0.15, -0.1) is 0 Å². The number of aryl methyl sites for hydroxylation is 1. The van der Waals surface area contributed by atoms with E-state index < -0.39 is 0 Å². The largest absolute Gasteiger partial charge is 0.370 e. The summed E-state index contributed by atoms with van der Waals surface area (Å²) < 4.78 is 0. The second-order valence-corrected chi connectivity index (χ2v) is 11.3. The molecule has 0 spiro atoms. The van der Waals surface area contributed by atoms with E-state index in [1.165, 1.54) is 24.9 Å². The number of rotatable bonds is 6. The molecule has 8 nitrogen and oxygen atoms in total. The van der Waals surface area contributed by atoms with Gasteiger partial charge in [0.15, 0.2) is 0 Å². The van der Waals surface area contributed by atoms with Gasteiger partial charge in [-0.3, -0.25) is 24.7 Å². The summed E-state index contributed by atoms with van der Waals surface area (Å²) in [6, 6.07) is 12.6. The summed E-state index contributed by atoms with van der Waals surface area (Å²) in [7, 11) is 2.16. The molecule has 2 fully saturated rings. The van der Waals surface area contributed by atoms with Crippen molar-refractivity contribution in [2.45, 2.75) is 38.6 Å². The van der Waals surface area contributed by atoms with E-state index in [0.717, 1.165) is 86.6 Å². The molecule has 2 saturated heterocycles. The van der Waals surface area contributed by atoms with Crippen molar-refractivity contribution >= 4 is 23.0 Å². The van der Waals surface area contributed by atoms with Gasteiger partial charge in [0.05, 0.1) is 29.5 Å². The summed E-state index contributed by atoms with van der Waals surface area (Å²) in [6.45, 7) is 7.91. The Morgan fingerprint density at radius 3 is 2.52 bits per heavy atom. The van der Waals surface area contributed by atoms with Crippen molar-refractivity contribution in [1.82, 2.24) is 19.8 Å². The highest BCUT2D eigenvalue weighted by Crippen LogP contribution is 2.29. The monoisotopic (exact) mass is 537 g/mol. The minimum atomic E-state index is -0.186. The molecular formula is C32H39N7O. The van der Waals surface area contributed by atoms with E-state index in [1.54, 1.807) is 6.20 Å². The molecule has 208 valence electrons. The van der Waals surface area contributed by atoms with Crippen molar-refractivity contribution in [2.24, 2.45) is 4.99 Å². The molecule has 1 N–H and O–H groups in total. The molecule has 0 radical (unpaired) electrons. The van der Waals surface area contributed by atoms with Gasteiger partial charge < -0.3 is 15.1 Å². The van der Waals surface area contributed by atoms with E-state index in [9.17, 15) is 4.79 Å². The highest BCUT2D eigenvalue weighted by molar-refractivity contribution is 6.49. The third-order valence-electron chi connectivity index (χ3n) is 8.30. The zero-order valence-electron chi connectivity index (χ0n) is 23.5. The van der Waals surface area contributed by atoms with E-state index in [0.29, 0.717) is 17.9 Å². The minimum absolute atomic E-state index is 0.186. The number of aliphatic imine (C=N–C) groups is 1. The molecule has 0 atom stereocenters. The number of benzene rings is 1. The van der Waals surface area contributed by atoms with E-state index in [4.69, 9.17) is 4.99 Å². The first-order valence-corrected chi connectivity index (χ1v) is 14.7. The lowest BCUT2D eigenvalue weighted by Gasteiger charge is -2.32. The molecule has 3 aliphatic heterocycles. The molecule has 0 bridgehead atoms. The first-order valence-electron chi connectivity index (χ1n) is 14.7. The van der Waals surface area contributed by atoms with E-state index in [1.807, 2.05) is 24.5 Å². The molecule has 3 aliphatic rings. The number of hydrogen-bond acceptors (Lipinski definition) is 7. The van der Waals surface area contributed by atoms with Gasteiger partial charge in [-0.25, -0.2) is 0 Å². The van der Waals surface area contributed by atoms with E-state index >= 15 is 0 Å². The Balaban J connectivity index is 1.18. The molecule has 8 heteroatoms. The number of piperazine rings is 1. The topological polar surface area (TPSA) is 77.0 Å². The van der Waals surface area contributed by atoms with Crippen LogP contribution in [0.1, 0.15) is 42.5 Å². The highest BCUT2D eigenvalue weighted by Gasteiger charge is 2.22. The first-order chi connectivity index (χ1) is 19.6. The van der Waals surface area contributed by atoms with Gasteiger partial charge in [0.1, 0.15) is 5.71 Å². The number of carbonyl (C=O) groups excluding carboxylic acids is 1. The number of aromatic nitrogens is 2. The summed E-state index contributed by atoms with van der Waals surface area (Å²) >= 11 is 0. The molecule has 2 aromatic heterocycles. The number of piperidine rings is 1. The van der Waals surface area contributed by atoms with Gasteiger partial charge in [-0.2, -0.15) is 0 Å². The average Bonchev–Trinajstić information content (AvgIpc) is 3.22. The standard InChI is InChI=1S/C32H39N7O/c1-37-14-16-38(17-15-37)23-28-10-9-27(21-35-28)36-32(40)31-30-19-25(8-7-24(30)6-5-11-34-31)26-18-29(22-33-20-26)39-12-3-2-4-13-39/h7-10,18-22H,2-6,11-17,23H2,1H3,(H,36,40). The molecule has 6 rings (SSSR count). The number of anilines is 2. The predicted molar refractivity (Wildman–Crippen MR) is 161 cm³/mol. The zero-order chi connectivity index (χ0) is 27.3. The molecule has 1 amide bonds. The fourth-order valence-corrected chi connectivity index (χ4v) is 5.86. The maximum absolute atomic E-state index is 13.5. The fraction of sp³-hybridized carbons (Fsp3) is 0.438. The van der Waals surface area contributed by atoms with Crippen LogP contribution in [-0.2, 0) is 17.8 Å². The zero-order valence-corrected chi connectivity index (χ0v) is 23.5. The number of nitrogens with one attached hydrogen (secondary N) is 1. The lowest BCUT2D eigenvalue weighted by Crippen LogP contribution is -2.44. The van der Waals surface area contributed by atoms with Crippen molar-refractivity contribution in [3.05, 3.63) is 71.8 Å². The van der Waals surface area contributed by atoms with Crippen LogP contribution in [0.5, 0.6) is 0 Å². The molecule has 3 aromatic rings. The van der Waals surface area contributed by atoms with Gasteiger partial charge in [-0.05, 0) is 74.5 Å². The number of fused-ring (bicyclic) bond motifs is 1. The molecule has 1 aromatic carbocycles. The SMILES string of the molecule is CN1CCN(Cc2ccc(NC(=O)C3=NCCCc4ccc(-c5cncc(N6CCCCC6)c5)cc43)cn2)CC1. The normalized spacial score (nSPS) is 18.5. The molecule has 40 heavy (non-hydrogen) atoms. The third-order valence-corrected chi connectivity index (χ3v) is 8.30. The second-order valence-electron chi connectivity index (χ2n) is 11.3. The Kier molecular flexibility index (Phi) is 8.16. The Hall–Kier alpha value is -3.62. The van der Waals surface area contributed by atoms with Crippen LogP contribution >= 0.6 is 0 Å². The number of amides is 1. The maximum Gasteiger partial charge on any atom is 0.274 e. The summed E-state index contributed by atoms with van der Waals surface area (Å²) in [6.07, 6.45) is 11.2. The number of carbonyl (C=O) groups is 1. The summed E-state index contributed by atoms with van der Waals surface area (Å²) in [5.41, 5.74) is 7.57. The van der Waals surface area contributed by atoms with Gasteiger partial charge in [-0.1, -0.05) is 12.1 Å². The molecule has 5 heterocycles. The van der Waals surface area contributed by atoms with Crippen LogP contribution in [0.4, 0.5) is 11.4 Å². The smallest absolute Gasteiger partial charge is 0.274 e. The van der Waals surface area contributed by atoms with Crippen LogP contribution in [0.2, 0.25) is 0 Å². The van der Waals surface area contributed by atoms with Gasteiger partial charge in [0, 0.05) is 69.7 Å². The number of likely N-dealkylation sites (N-methyl/N-ethyl adjacent to an activating group) is 1. The Morgan fingerprint density at radius 2 is 1.73 bits per heavy atom.